The van der Waals surface area contributed by atoms with Crippen molar-refractivity contribution in [2.24, 2.45) is 5.14 Å². The highest BCUT2D eigenvalue weighted by Gasteiger charge is 2.34. The zero-order chi connectivity index (χ0) is 18.0. The first kappa shape index (κ1) is 18.1. The summed E-state index contributed by atoms with van der Waals surface area (Å²) in [5.74, 6) is 0. The van der Waals surface area contributed by atoms with Gasteiger partial charge in [-0.15, -0.1) is 0 Å². The molecule has 2 heterocycles. The van der Waals surface area contributed by atoms with Crippen LogP contribution in [-0.2, 0) is 14.8 Å². The lowest BCUT2D eigenvalue weighted by atomic mass is 10.0. The summed E-state index contributed by atoms with van der Waals surface area (Å²) in [5, 5.41) is 20.0. The van der Waals surface area contributed by atoms with E-state index in [1.807, 2.05) is 0 Å². The molecule has 25 heavy (non-hydrogen) atoms. The molecule has 3 N–H and O–H groups in total. The van der Waals surface area contributed by atoms with E-state index < -0.39 is 14.9 Å². The van der Waals surface area contributed by atoms with Crippen molar-refractivity contribution < 1.29 is 18.1 Å². The number of ether oxygens (including phenoxy) is 1. The second-order valence-electron chi connectivity index (χ2n) is 6.35. The molecule has 2 aliphatic rings. The fraction of sp³-hybridized carbons (Fsp3) is 0.600. The Morgan fingerprint density at radius 2 is 1.96 bits per heavy atom. The van der Waals surface area contributed by atoms with E-state index in [2.05, 4.69) is 10.2 Å². The zero-order valence-corrected chi connectivity index (χ0v) is 14.6. The Labute approximate surface area is 146 Å². The summed E-state index contributed by atoms with van der Waals surface area (Å²) in [4.78, 5) is 12.9. The van der Waals surface area contributed by atoms with E-state index in [9.17, 15) is 18.5 Å². The standard InChI is InChI=1S/C15H22N4O5S/c16-25(22,23)13-1-2-14(15(9-13)19(20)21)18(12-3-6-17-10-12)11-4-7-24-8-5-11/h1-2,9,11-12,17H,3-8,10H2,(H2,16,22,23)/t12-/m1/s1. The fourth-order valence-corrected chi connectivity index (χ4v) is 4.11. The Morgan fingerprint density at radius 1 is 1.24 bits per heavy atom. The highest BCUT2D eigenvalue weighted by Crippen LogP contribution is 2.36. The summed E-state index contributed by atoms with van der Waals surface area (Å²) >= 11 is 0. The number of hydrogen-bond acceptors (Lipinski definition) is 7. The maximum atomic E-state index is 11.6. The van der Waals surface area contributed by atoms with Crippen molar-refractivity contribution in [3.8, 4) is 0 Å². The van der Waals surface area contributed by atoms with Crippen molar-refractivity contribution in [2.75, 3.05) is 31.2 Å². The van der Waals surface area contributed by atoms with Crippen LogP contribution >= 0.6 is 0 Å². The molecule has 138 valence electrons. The van der Waals surface area contributed by atoms with Gasteiger partial charge in [0.05, 0.1) is 9.82 Å². The maximum Gasteiger partial charge on any atom is 0.293 e. The smallest absolute Gasteiger partial charge is 0.293 e. The normalized spacial score (nSPS) is 22.0. The summed E-state index contributed by atoms with van der Waals surface area (Å²) in [6.07, 6.45) is 2.45. The number of benzene rings is 1. The van der Waals surface area contributed by atoms with Gasteiger partial charge in [-0.3, -0.25) is 10.1 Å². The van der Waals surface area contributed by atoms with Gasteiger partial charge in [-0.25, -0.2) is 13.6 Å². The average Bonchev–Trinajstić information content (AvgIpc) is 3.09. The first-order valence-electron chi connectivity index (χ1n) is 8.26. The SMILES string of the molecule is NS(=O)(=O)c1ccc(N(C2CCOCC2)[C@@H]2CCNC2)c([N+](=O)[O-])c1. The molecule has 3 rings (SSSR count). The predicted molar refractivity (Wildman–Crippen MR) is 92.1 cm³/mol. The molecule has 2 saturated heterocycles. The molecule has 0 aliphatic carbocycles. The number of hydrogen-bond donors (Lipinski definition) is 2. The molecule has 0 aromatic heterocycles. The first-order chi connectivity index (χ1) is 11.9. The molecule has 0 saturated carbocycles. The minimum atomic E-state index is -4.00. The fourth-order valence-electron chi connectivity index (χ4n) is 3.58. The number of rotatable bonds is 5. The Kier molecular flexibility index (Phi) is 5.23. The number of nitrogens with zero attached hydrogens (tertiary/aromatic N) is 2. The van der Waals surface area contributed by atoms with Gasteiger partial charge in [0.2, 0.25) is 10.0 Å². The van der Waals surface area contributed by atoms with Crippen molar-refractivity contribution in [2.45, 2.75) is 36.2 Å². The van der Waals surface area contributed by atoms with Gasteiger partial charge in [0, 0.05) is 37.9 Å². The number of nitrogens with two attached hydrogens (primary N) is 1. The number of anilines is 1. The lowest BCUT2D eigenvalue weighted by Gasteiger charge is -2.39. The lowest BCUT2D eigenvalue weighted by Crippen LogP contribution is -2.47. The summed E-state index contributed by atoms with van der Waals surface area (Å²) in [5.41, 5.74) is 0.211. The third-order valence-corrected chi connectivity index (χ3v) is 5.67. The highest BCUT2D eigenvalue weighted by molar-refractivity contribution is 7.89. The van der Waals surface area contributed by atoms with E-state index >= 15 is 0 Å². The number of primary sulfonamides is 1. The maximum absolute atomic E-state index is 11.6. The Hall–Kier alpha value is -1.75. The van der Waals surface area contributed by atoms with E-state index in [1.54, 1.807) is 0 Å². The Bertz CT molecular complexity index is 742. The molecule has 1 atom stereocenters. The van der Waals surface area contributed by atoms with Gasteiger partial charge >= 0.3 is 0 Å². The van der Waals surface area contributed by atoms with Gasteiger partial charge in [0.15, 0.2) is 0 Å². The molecule has 1 aromatic rings. The molecule has 0 unspecified atom stereocenters. The topological polar surface area (TPSA) is 128 Å². The third-order valence-electron chi connectivity index (χ3n) is 4.76. The van der Waals surface area contributed by atoms with E-state index in [0.717, 1.165) is 38.4 Å². The molecular formula is C15H22N4O5S. The van der Waals surface area contributed by atoms with Crippen LogP contribution in [0.3, 0.4) is 0 Å². The molecule has 0 spiro atoms. The molecule has 10 heteroatoms. The molecule has 0 bridgehead atoms. The predicted octanol–water partition coefficient (Wildman–Crippen LogP) is 0.590. The van der Waals surface area contributed by atoms with Gasteiger partial charge in [-0.1, -0.05) is 0 Å². The van der Waals surface area contributed by atoms with E-state index in [-0.39, 0.29) is 22.7 Å². The molecule has 2 aliphatic heterocycles. The minimum absolute atomic E-state index is 0.123. The molecule has 1 aromatic carbocycles. The lowest BCUT2D eigenvalue weighted by molar-refractivity contribution is -0.384. The van der Waals surface area contributed by atoms with Crippen LogP contribution in [0.25, 0.3) is 0 Å². The largest absolute Gasteiger partial charge is 0.381 e. The van der Waals surface area contributed by atoms with Crippen molar-refractivity contribution in [3.05, 3.63) is 28.3 Å². The van der Waals surface area contributed by atoms with Crippen LogP contribution in [0.5, 0.6) is 0 Å². The van der Waals surface area contributed by atoms with Crippen LogP contribution < -0.4 is 15.4 Å². The number of nitro groups is 1. The van der Waals surface area contributed by atoms with Crippen molar-refractivity contribution in [3.63, 3.8) is 0 Å². The second kappa shape index (κ2) is 7.24. The van der Waals surface area contributed by atoms with Crippen LogP contribution in [0.1, 0.15) is 19.3 Å². The summed E-state index contributed by atoms with van der Waals surface area (Å²) in [7, 11) is -4.00. The number of sulfonamides is 1. The highest BCUT2D eigenvalue weighted by atomic mass is 32.2. The molecule has 9 nitrogen and oxygen atoms in total. The van der Waals surface area contributed by atoms with Crippen molar-refractivity contribution in [1.82, 2.24) is 5.32 Å². The van der Waals surface area contributed by atoms with E-state index in [1.165, 1.54) is 12.1 Å². The van der Waals surface area contributed by atoms with Crippen LogP contribution in [0, 0.1) is 10.1 Å². The van der Waals surface area contributed by atoms with Gasteiger partial charge in [-0.2, -0.15) is 0 Å². The molecular weight excluding hydrogens is 348 g/mol. The molecule has 0 radical (unpaired) electrons. The van der Waals surface area contributed by atoms with Crippen molar-refractivity contribution >= 4 is 21.4 Å². The first-order valence-corrected chi connectivity index (χ1v) is 9.80. The summed E-state index contributed by atoms with van der Waals surface area (Å²) in [6, 6.07) is 4.15. The van der Waals surface area contributed by atoms with Crippen LogP contribution in [0.15, 0.2) is 23.1 Å². The quantitative estimate of drug-likeness (QED) is 0.573. The Balaban J connectivity index is 2.06. The number of nitro benzene ring substituents is 1. The average molecular weight is 370 g/mol. The van der Waals surface area contributed by atoms with Gasteiger partial charge in [0.25, 0.3) is 5.69 Å². The van der Waals surface area contributed by atoms with E-state index in [0.29, 0.717) is 18.9 Å². The van der Waals surface area contributed by atoms with Crippen LogP contribution in [-0.4, -0.2) is 51.7 Å². The zero-order valence-electron chi connectivity index (χ0n) is 13.8. The van der Waals surface area contributed by atoms with Gasteiger partial charge < -0.3 is 15.0 Å². The summed E-state index contributed by atoms with van der Waals surface area (Å²) in [6.45, 7) is 2.83. The van der Waals surface area contributed by atoms with E-state index in [4.69, 9.17) is 9.88 Å². The Morgan fingerprint density at radius 3 is 2.52 bits per heavy atom. The van der Waals surface area contributed by atoms with Crippen molar-refractivity contribution in [1.29, 1.82) is 0 Å². The van der Waals surface area contributed by atoms with Gasteiger partial charge in [0.1, 0.15) is 5.69 Å². The molecule has 2 fully saturated rings. The number of nitrogens with one attached hydrogen (secondary N) is 1. The third kappa shape index (κ3) is 3.92. The van der Waals surface area contributed by atoms with Gasteiger partial charge in [-0.05, 0) is 37.9 Å². The monoisotopic (exact) mass is 370 g/mol. The molecule has 0 amide bonds. The second-order valence-corrected chi connectivity index (χ2v) is 7.91. The minimum Gasteiger partial charge on any atom is -0.381 e. The van der Waals surface area contributed by atoms with Crippen LogP contribution in [0.2, 0.25) is 0 Å². The van der Waals surface area contributed by atoms with Crippen LogP contribution in [0.4, 0.5) is 11.4 Å². The summed E-state index contributed by atoms with van der Waals surface area (Å²) < 4.78 is 28.5.